The van der Waals surface area contributed by atoms with E-state index in [1.165, 1.54) is 25.9 Å². The normalized spacial score (nSPS) is 15.4. The van der Waals surface area contributed by atoms with Crippen LogP contribution in [0.5, 0.6) is 5.75 Å². The number of benzene rings is 3. The highest BCUT2D eigenvalue weighted by atomic mass is 16.5. The zero-order valence-corrected chi connectivity index (χ0v) is 17.8. The zero-order chi connectivity index (χ0) is 21.5. The van der Waals surface area contributed by atoms with E-state index in [1.807, 2.05) is 66.7 Å². The number of ether oxygens (including phenoxy) is 1. The lowest BCUT2D eigenvalue weighted by Gasteiger charge is -2.15. The van der Waals surface area contributed by atoms with Crippen molar-refractivity contribution >= 4 is 22.6 Å². The van der Waals surface area contributed by atoms with E-state index in [-0.39, 0.29) is 5.91 Å². The van der Waals surface area contributed by atoms with Crippen molar-refractivity contribution in [3.63, 3.8) is 0 Å². The molecule has 1 fully saturated rings. The van der Waals surface area contributed by atoms with E-state index in [9.17, 15) is 4.79 Å². The number of fused-ring (bicyclic) bond motifs is 2. The van der Waals surface area contributed by atoms with Gasteiger partial charge in [-0.1, -0.05) is 18.2 Å². The first-order valence-corrected chi connectivity index (χ1v) is 11.2. The molecule has 0 spiro atoms. The van der Waals surface area contributed by atoms with Gasteiger partial charge in [0.1, 0.15) is 18.2 Å². The largest absolute Gasteiger partial charge is 0.492 e. The Bertz CT molecular complexity index is 1300. The van der Waals surface area contributed by atoms with Crippen molar-refractivity contribution in [2.75, 3.05) is 31.6 Å². The number of carbonyl (C=O) groups is 1. The van der Waals surface area contributed by atoms with Gasteiger partial charge in [0.15, 0.2) is 0 Å². The number of imidazole rings is 1. The maximum absolute atomic E-state index is 12.9. The lowest BCUT2D eigenvalue weighted by atomic mass is 10.1. The Morgan fingerprint density at radius 3 is 2.59 bits per heavy atom. The van der Waals surface area contributed by atoms with Gasteiger partial charge in [0, 0.05) is 12.1 Å². The van der Waals surface area contributed by atoms with Crippen LogP contribution < -0.4 is 10.1 Å². The third-order valence-electron chi connectivity index (χ3n) is 6.30. The van der Waals surface area contributed by atoms with Crippen LogP contribution in [-0.4, -0.2) is 46.6 Å². The van der Waals surface area contributed by atoms with E-state index >= 15 is 0 Å². The highest BCUT2D eigenvalue weighted by molar-refractivity contribution is 6.14. The highest BCUT2D eigenvalue weighted by Crippen LogP contribution is 2.36. The molecule has 4 aromatic rings. The van der Waals surface area contributed by atoms with Gasteiger partial charge in [0.2, 0.25) is 0 Å². The fourth-order valence-corrected chi connectivity index (χ4v) is 4.70. The van der Waals surface area contributed by atoms with E-state index in [2.05, 4.69) is 14.8 Å². The van der Waals surface area contributed by atoms with Crippen molar-refractivity contribution in [1.82, 2.24) is 14.5 Å². The van der Waals surface area contributed by atoms with Gasteiger partial charge in [0.25, 0.3) is 5.91 Å². The van der Waals surface area contributed by atoms with E-state index in [4.69, 9.17) is 9.72 Å². The molecule has 0 bridgehead atoms. The second-order valence-electron chi connectivity index (χ2n) is 8.34. The Labute approximate surface area is 186 Å². The summed E-state index contributed by atoms with van der Waals surface area (Å²) in [5.41, 5.74) is 4.92. The molecule has 6 heteroatoms. The standard InChI is InChI=1S/C26H24N4O2/c31-26-20-6-5-8-22-24(20)30(23-9-2-1-7-21(23)28-26)25(27-22)18-10-12-19(13-11-18)32-17-16-29-14-3-4-15-29/h1-2,5-13H,3-4,14-17H2,(H,28,31). The number of hydrogen-bond acceptors (Lipinski definition) is 4. The quantitative estimate of drug-likeness (QED) is 0.503. The lowest BCUT2D eigenvalue weighted by molar-refractivity contribution is 0.102. The Kier molecular flexibility index (Phi) is 4.65. The minimum absolute atomic E-state index is 0.116. The summed E-state index contributed by atoms with van der Waals surface area (Å²) in [6.45, 7) is 4.03. The van der Waals surface area contributed by atoms with Crippen molar-refractivity contribution in [3.05, 3.63) is 72.3 Å². The SMILES string of the molecule is O=C1Nc2ccccc2-n2c(-c3ccc(OCCN4CCCC4)cc3)nc3cccc1c32. The topological polar surface area (TPSA) is 59.4 Å². The average Bonchev–Trinajstić information content (AvgIpc) is 3.45. The van der Waals surface area contributed by atoms with Crippen LogP contribution >= 0.6 is 0 Å². The molecule has 2 aliphatic heterocycles. The molecule has 1 amide bonds. The van der Waals surface area contributed by atoms with Crippen LogP contribution in [0.4, 0.5) is 5.69 Å². The van der Waals surface area contributed by atoms with E-state index in [0.717, 1.165) is 46.1 Å². The average molecular weight is 425 g/mol. The van der Waals surface area contributed by atoms with Gasteiger partial charge >= 0.3 is 0 Å². The summed E-state index contributed by atoms with van der Waals surface area (Å²) >= 11 is 0. The van der Waals surface area contributed by atoms with Gasteiger partial charge in [-0.05, 0) is 74.5 Å². The molecule has 6 nitrogen and oxygen atoms in total. The van der Waals surface area contributed by atoms with Crippen LogP contribution in [0.25, 0.3) is 28.1 Å². The molecule has 1 saturated heterocycles. The van der Waals surface area contributed by atoms with Crippen molar-refractivity contribution in [3.8, 4) is 22.8 Å². The van der Waals surface area contributed by atoms with Crippen LogP contribution in [0, 0.1) is 0 Å². The van der Waals surface area contributed by atoms with Gasteiger partial charge in [-0.15, -0.1) is 0 Å². The molecule has 3 heterocycles. The first kappa shape index (κ1) is 19.1. The summed E-state index contributed by atoms with van der Waals surface area (Å²) < 4.78 is 8.06. The van der Waals surface area contributed by atoms with Crippen LogP contribution in [-0.2, 0) is 0 Å². The molecule has 6 rings (SSSR count). The molecular formula is C26H24N4O2. The van der Waals surface area contributed by atoms with Crippen LogP contribution in [0.15, 0.2) is 66.7 Å². The number of carbonyl (C=O) groups excluding carboxylic acids is 1. The summed E-state index contributed by atoms with van der Waals surface area (Å²) in [4.78, 5) is 20.2. The first-order chi connectivity index (χ1) is 15.8. The van der Waals surface area contributed by atoms with Crippen molar-refractivity contribution < 1.29 is 9.53 Å². The van der Waals surface area contributed by atoms with Gasteiger partial charge in [-0.2, -0.15) is 0 Å². The Morgan fingerprint density at radius 2 is 1.75 bits per heavy atom. The third-order valence-corrected chi connectivity index (χ3v) is 6.30. The number of para-hydroxylation sites is 3. The molecule has 0 unspecified atom stereocenters. The second-order valence-corrected chi connectivity index (χ2v) is 8.34. The summed E-state index contributed by atoms with van der Waals surface area (Å²) in [5, 5.41) is 3.04. The van der Waals surface area contributed by atoms with Crippen molar-refractivity contribution in [2.24, 2.45) is 0 Å². The highest BCUT2D eigenvalue weighted by Gasteiger charge is 2.25. The summed E-state index contributed by atoms with van der Waals surface area (Å²) in [6.07, 6.45) is 2.59. The molecule has 0 aliphatic carbocycles. The minimum atomic E-state index is -0.116. The second kappa shape index (κ2) is 7.80. The van der Waals surface area contributed by atoms with E-state index < -0.39 is 0 Å². The van der Waals surface area contributed by atoms with Gasteiger partial charge < -0.3 is 10.1 Å². The number of nitrogens with one attached hydrogen (secondary N) is 1. The number of rotatable bonds is 5. The molecule has 0 atom stereocenters. The molecule has 1 N–H and O–H groups in total. The maximum Gasteiger partial charge on any atom is 0.257 e. The zero-order valence-electron chi connectivity index (χ0n) is 17.8. The van der Waals surface area contributed by atoms with Gasteiger partial charge in [-0.25, -0.2) is 4.98 Å². The minimum Gasteiger partial charge on any atom is -0.492 e. The smallest absolute Gasteiger partial charge is 0.257 e. The maximum atomic E-state index is 12.9. The number of anilines is 1. The van der Waals surface area contributed by atoms with Crippen molar-refractivity contribution in [1.29, 1.82) is 0 Å². The van der Waals surface area contributed by atoms with Gasteiger partial charge in [0.05, 0.1) is 28.0 Å². The first-order valence-electron chi connectivity index (χ1n) is 11.2. The number of aromatic nitrogens is 2. The van der Waals surface area contributed by atoms with E-state index in [1.54, 1.807) is 0 Å². The Morgan fingerprint density at radius 1 is 0.938 bits per heavy atom. The summed E-state index contributed by atoms with van der Waals surface area (Å²) in [6, 6.07) is 21.6. The Hall–Kier alpha value is -3.64. The monoisotopic (exact) mass is 424 g/mol. The van der Waals surface area contributed by atoms with Gasteiger partial charge in [-0.3, -0.25) is 14.3 Å². The number of hydrogen-bond donors (Lipinski definition) is 1. The molecule has 1 aromatic heterocycles. The third kappa shape index (κ3) is 3.24. The molecule has 2 aliphatic rings. The van der Waals surface area contributed by atoms with Crippen molar-refractivity contribution in [2.45, 2.75) is 12.8 Å². The predicted molar refractivity (Wildman–Crippen MR) is 126 cm³/mol. The number of likely N-dealkylation sites (tertiary alicyclic amines) is 1. The molecule has 0 saturated carbocycles. The summed E-state index contributed by atoms with van der Waals surface area (Å²) in [7, 11) is 0. The fraction of sp³-hybridized carbons (Fsp3) is 0.231. The van der Waals surface area contributed by atoms with Crippen LogP contribution in [0.2, 0.25) is 0 Å². The number of nitrogens with zero attached hydrogens (tertiary/aromatic N) is 3. The van der Waals surface area contributed by atoms with Crippen LogP contribution in [0.1, 0.15) is 23.2 Å². The molecule has 3 aromatic carbocycles. The predicted octanol–water partition coefficient (Wildman–Crippen LogP) is 4.73. The molecule has 32 heavy (non-hydrogen) atoms. The molecular weight excluding hydrogens is 400 g/mol. The molecule has 160 valence electrons. The van der Waals surface area contributed by atoms with Crippen LogP contribution in [0.3, 0.4) is 0 Å². The van der Waals surface area contributed by atoms with E-state index in [0.29, 0.717) is 12.2 Å². The lowest BCUT2D eigenvalue weighted by Crippen LogP contribution is -2.25. The summed E-state index contributed by atoms with van der Waals surface area (Å²) in [5.74, 6) is 1.55. The number of amides is 1. The Balaban J connectivity index is 1.37. The fourth-order valence-electron chi connectivity index (χ4n) is 4.70. The molecule has 0 radical (unpaired) electrons.